The van der Waals surface area contributed by atoms with Gasteiger partial charge in [-0.2, -0.15) is 0 Å². The molecule has 34 heavy (non-hydrogen) atoms. The zero-order chi connectivity index (χ0) is 25.5. The number of aryl methyl sites for hydroxylation is 1. The second-order valence-corrected chi connectivity index (χ2v) is 11.1. The molecule has 2 aromatic rings. The normalized spacial score (nSPS) is 12.3. The average Bonchev–Trinajstić information content (AvgIpc) is 2.79. The zero-order valence-corrected chi connectivity index (χ0v) is 22.0. The molecule has 1 unspecified atom stereocenters. The van der Waals surface area contributed by atoms with E-state index in [4.69, 9.17) is 11.6 Å². The zero-order valence-electron chi connectivity index (χ0n) is 20.4. The van der Waals surface area contributed by atoms with Crippen LogP contribution in [0.4, 0.5) is 5.69 Å². The summed E-state index contributed by atoms with van der Waals surface area (Å²) < 4.78 is 26.2. The molecule has 9 heteroatoms. The highest BCUT2D eigenvalue weighted by Crippen LogP contribution is 2.20. The van der Waals surface area contributed by atoms with Crippen molar-refractivity contribution >= 4 is 39.1 Å². The van der Waals surface area contributed by atoms with Gasteiger partial charge >= 0.3 is 0 Å². The van der Waals surface area contributed by atoms with Gasteiger partial charge in [-0.25, -0.2) is 8.42 Å². The topological polar surface area (TPSA) is 86.8 Å². The molecule has 0 saturated carbocycles. The lowest BCUT2D eigenvalue weighted by molar-refractivity contribution is -0.139. The molecule has 0 fully saturated rings. The van der Waals surface area contributed by atoms with E-state index in [2.05, 4.69) is 5.32 Å². The van der Waals surface area contributed by atoms with Crippen molar-refractivity contribution in [3.05, 3.63) is 64.7 Å². The Labute approximate surface area is 208 Å². The molecular formula is C25H34ClN3O4S. The van der Waals surface area contributed by atoms with Crippen molar-refractivity contribution < 1.29 is 18.0 Å². The number of hydrogen-bond acceptors (Lipinski definition) is 4. The fourth-order valence-corrected chi connectivity index (χ4v) is 4.31. The molecule has 2 aromatic carbocycles. The molecule has 186 valence electrons. The van der Waals surface area contributed by atoms with Crippen LogP contribution < -0.4 is 9.62 Å². The summed E-state index contributed by atoms with van der Waals surface area (Å²) in [4.78, 5) is 27.7. The van der Waals surface area contributed by atoms with E-state index < -0.39 is 28.5 Å². The second-order valence-electron chi connectivity index (χ2n) is 8.75. The first-order valence-corrected chi connectivity index (χ1v) is 13.5. The van der Waals surface area contributed by atoms with Crippen molar-refractivity contribution in [2.75, 3.05) is 23.7 Å². The van der Waals surface area contributed by atoms with Gasteiger partial charge in [0.15, 0.2) is 0 Å². The Balaban J connectivity index is 2.34. The smallest absolute Gasteiger partial charge is 0.244 e. The largest absolute Gasteiger partial charge is 0.354 e. The molecule has 2 rings (SSSR count). The third-order valence-corrected chi connectivity index (χ3v) is 6.82. The maximum absolute atomic E-state index is 13.5. The van der Waals surface area contributed by atoms with Gasteiger partial charge in [0.2, 0.25) is 21.8 Å². The van der Waals surface area contributed by atoms with Gasteiger partial charge in [0, 0.05) is 18.1 Å². The third kappa shape index (κ3) is 8.02. The molecule has 7 nitrogen and oxygen atoms in total. The Bertz CT molecular complexity index is 1070. The molecule has 0 heterocycles. The summed E-state index contributed by atoms with van der Waals surface area (Å²) in [5.41, 5.74) is 2.24. The maximum Gasteiger partial charge on any atom is 0.244 e. The van der Waals surface area contributed by atoms with Crippen molar-refractivity contribution in [1.82, 2.24) is 10.2 Å². The van der Waals surface area contributed by atoms with Gasteiger partial charge < -0.3 is 10.2 Å². The molecule has 0 spiro atoms. The van der Waals surface area contributed by atoms with Crippen LogP contribution in [-0.4, -0.2) is 50.5 Å². The van der Waals surface area contributed by atoms with Crippen LogP contribution in [0.5, 0.6) is 0 Å². The molecule has 0 aliphatic carbocycles. The summed E-state index contributed by atoms with van der Waals surface area (Å²) in [6.07, 6.45) is 1.88. The monoisotopic (exact) mass is 507 g/mol. The highest BCUT2D eigenvalue weighted by atomic mass is 35.5. The molecule has 1 atom stereocenters. The number of carbonyl (C=O) groups is 2. The molecule has 0 aromatic heterocycles. The standard InChI is InChI=1S/C25H34ClN3O4S/c1-6-20-9-13-23(14-10-20)29(34(5,32)33)17-24(30)28(16-21-7-11-22(26)12-8-21)19(4)25(31)27-15-18(2)3/h7-14,18-19H,6,15-17H2,1-5H3,(H,27,31). The summed E-state index contributed by atoms with van der Waals surface area (Å²) in [5, 5.41) is 3.41. The average molecular weight is 508 g/mol. The first-order chi connectivity index (χ1) is 15.9. The number of halogens is 1. The lowest BCUT2D eigenvalue weighted by Gasteiger charge is -2.31. The fraction of sp³-hybridized carbons (Fsp3) is 0.440. The number of hydrogen-bond donors (Lipinski definition) is 1. The minimum absolute atomic E-state index is 0.138. The van der Waals surface area contributed by atoms with E-state index in [-0.39, 0.29) is 18.4 Å². The van der Waals surface area contributed by atoms with Gasteiger partial charge in [0.25, 0.3) is 0 Å². The van der Waals surface area contributed by atoms with Crippen molar-refractivity contribution in [2.45, 2.75) is 46.7 Å². The Hall–Kier alpha value is -2.58. The minimum Gasteiger partial charge on any atom is -0.354 e. The number of nitrogens with one attached hydrogen (secondary N) is 1. The second kappa shape index (κ2) is 12.2. The summed E-state index contributed by atoms with van der Waals surface area (Å²) in [7, 11) is -3.74. The van der Waals surface area contributed by atoms with Gasteiger partial charge in [-0.1, -0.05) is 56.6 Å². The molecule has 1 N–H and O–H groups in total. The SMILES string of the molecule is CCc1ccc(N(CC(=O)N(Cc2ccc(Cl)cc2)C(C)C(=O)NCC(C)C)S(C)(=O)=O)cc1. The van der Waals surface area contributed by atoms with Crippen molar-refractivity contribution in [2.24, 2.45) is 5.92 Å². The minimum atomic E-state index is -3.74. The van der Waals surface area contributed by atoms with Crippen LogP contribution in [0.25, 0.3) is 0 Å². The van der Waals surface area contributed by atoms with Crippen LogP contribution in [-0.2, 0) is 32.6 Å². The van der Waals surface area contributed by atoms with Gasteiger partial charge in [-0.15, -0.1) is 0 Å². The number of amides is 2. The van der Waals surface area contributed by atoms with Crippen molar-refractivity contribution in [1.29, 1.82) is 0 Å². The van der Waals surface area contributed by atoms with Crippen LogP contribution in [0.3, 0.4) is 0 Å². The number of sulfonamides is 1. The first kappa shape index (κ1) is 27.7. The predicted octanol–water partition coefficient (Wildman–Crippen LogP) is 3.86. The van der Waals surface area contributed by atoms with Crippen LogP contribution in [0.1, 0.15) is 38.8 Å². The molecular weight excluding hydrogens is 474 g/mol. The Morgan fingerprint density at radius 3 is 2.03 bits per heavy atom. The number of nitrogens with zero attached hydrogens (tertiary/aromatic N) is 2. The van der Waals surface area contributed by atoms with E-state index in [0.29, 0.717) is 17.3 Å². The Morgan fingerprint density at radius 1 is 0.971 bits per heavy atom. The number of benzene rings is 2. The summed E-state index contributed by atoms with van der Waals surface area (Å²) in [6, 6.07) is 13.2. The van der Waals surface area contributed by atoms with E-state index in [0.717, 1.165) is 28.1 Å². The quantitative estimate of drug-likeness (QED) is 0.500. The van der Waals surface area contributed by atoms with E-state index in [1.165, 1.54) is 4.90 Å². The molecule has 0 aliphatic rings. The predicted molar refractivity (Wildman–Crippen MR) is 137 cm³/mol. The summed E-state index contributed by atoms with van der Waals surface area (Å²) in [5.74, 6) is -0.523. The number of rotatable bonds is 11. The van der Waals surface area contributed by atoms with E-state index in [9.17, 15) is 18.0 Å². The number of carbonyl (C=O) groups excluding carboxylic acids is 2. The molecule has 2 amide bonds. The third-order valence-electron chi connectivity index (χ3n) is 5.43. The molecule has 0 aliphatic heterocycles. The van der Waals surface area contributed by atoms with E-state index >= 15 is 0 Å². The van der Waals surface area contributed by atoms with E-state index in [1.807, 2.05) is 32.9 Å². The highest BCUT2D eigenvalue weighted by molar-refractivity contribution is 7.92. The number of anilines is 1. The maximum atomic E-state index is 13.5. The molecule has 0 bridgehead atoms. The molecule has 0 radical (unpaired) electrons. The van der Waals surface area contributed by atoms with Crippen LogP contribution in [0, 0.1) is 5.92 Å². The van der Waals surface area contributed by atoms with Crippen molar-refractivity contribution in [3.63, 3.8) is 0 Å². The lowest BCUT2D eigenvalue weighted by Crippen LogP contribution is -2.51. The Kier molecular flexibility index (Phi) is 9.94. The van der Waals surface area contributed by atoms with Crippen LogP contribution >= 0.6 is 11.6 Å². The molecule has 0 saturated heterocycles. The highest BCUT2D eigenvalue weighted by Gasteiger charge is 2.30. The van der Waals surface area contributed by atoms with E-state index in [1.54, 1.807) is 43.3 Å². The van der Waals surface area contributed by atoms with Crippen molar-refractivity contribution in [3.8, 4) is 0 Å². The van der Waals surface area contributed by atoms with Gasteiger partial charge in [-0.3, -0.25) is 13.9 Å². The van der Waals surface area contributed by atoms with Crippen LogP contribution in [0.2, 0.25) is 5.02 Å². The van der Waals surface area contributed by atoms with Crippen LogP contribution in [0.15, 0.2) is 48.5 Å². The lowest BCUT2D eigenvalue weighted by atomic mass is 10.1. The van der Waals surface area contributed by atoms with Gasteiger partial charge in [0.05, 0.1) is 11.9 Å². The fourth-order valence-electron chi connectivity index (χ4n) is 3.33. The first-order valence-electron chi connectivity index (χ1n) is 11.3. The Morgan fingerprint density at radius 2 is 1.53 bits per heavy atom. The summed E-state index contributed by atoms with van der Waals surface area (Å²) in [6.45, 7) is 7.81. The van der Waals surface area contributed by atoms with Gasteiger partial charge in [-0.05, 0) is 54.7 Å². The van der Waals surface area contributed by atoms with Gasteiger partial charge in [0.1, 0.15) is 12.6 Å². The summed E-state index contributed by atoms with van der Waals surface area (Å²) >= 11 is 5.99.